The molecule has 12 aromatic rings. The first-order chi connectivity index (χ1) is 43.9. The second-order valence-corrected chi connectivity index (χ2v) is 19.6. The number of amides is 6. The predicted octanol–water partition coefficient (Wildman–Crippen LogP) is 11.4. The van der Waals surface area contributed by atoms with Crippen LogP contribution in [-0.2, 0) is 0 Å². The van der Waals surface area contributed by atoms with Crippen LogP contribution in [0.15, 0.2) is 273 Å². The molecular weight excluding hydrogens is 1130 g/mol. The van der Waals surface area contributed by atoms with Crippen LogP contribution in [0.5, 0.6) is 0 Å². The number of hydrogen-bond acceptors (Lipinski definition) is 12. The van der Waals surface area contributed by atoms with Crippen LogP contribution in [0.2, 0.25) is 0 Å². The van der Waals surface area contributed by atoms with E-state index in [-0.39, 0.29) is 65.2 Å². The van der Waals surface area contributed by atoms with E-state index in [2.05, 4.69) is 46.2 Å². The molecular formula is C69H57N15O6. The number of aromatic nitrogens is 9. The molecule has 0 radical (unpaired) electrons. The third-order valence-electron chi connectivity index (χ3n) is 13.4. The number of para-hydroxylation sites is 3. The molecule has 90 heavy (non-hydrogen) atoms. The maximum atomic E-state index is 13.0. The summed E-state index contributed by atoms with van der Waals surface area (Å²) in [7, 11) is 4.85. The van der Waals surface area contributed by atoms with Gasteiger partial charge in [0.1, 0.15) is 0 Å². The molecule has 0 bridgehead atoms. The number of carbonyl (C=O) groups excluding carboxylic acids is 6. The second kappa shape index (κ2) is 28.9. The van der Waals surface area contributed by atoms with Crippen LogP contribution in [0.3, 0.4) is 0 Å². The van der Waals surface area contributed by atoms with Gasteiger partial charge < -0.3 is 0 Å². The van der Waals surface area contributed by atoms with E-state index in [0.717, 1.165) is 5.69 Å². The van der Waals surface area contributed by atoms with Gasteiger partial charge in [0.15, 0.2) is 0 Å². The van der Waals surface area contributed by atoms with Gasteiger partial charge in [-0.1, -0.05) is 164 Å². The summed E-state index contributed by atoms with van der Waals surface area (Å²) < 4.78 is 4.54. The number of nitrogens with one attached hydrogen (secondary N) is 3. The molecule has 21 heteroatoms. The zero-order valence-electron chi connectivity index (χ0n) is 48.8. The largest absolute Gasteiger partial charge is 0.290 e. The third kappa shape index (κ3) is 14.8. The van der Waals surface area contributed by atoms with Crippen LogP contribution in [0.25, 0.3) is 17.1 Å². The monoisotopic (exact) mass is 1190 g/mol. The van der Waals surface area contributed by atoms with Crippen LogP contribution < -0.4 is 30.7 Å². The molecule has 0 atom stereocenters. The topological polar surface area (TPSA) is 240 Å². The molecule has 9 aromatic carbocycles. The molecule has 0 saturated heterocycles. The number of carbonyl (C=O) groups is 6. The molecule has 3 N–H and O–H groups in total. The normalized spacial score (nSPS) is 10.4. The average molecular weight is 1190 g/mol. The standard InChI is InChI=1S/C24H21N5O2.C23H19N5O2.C22H17N5O2/c1-27(21(30)18-12-6-3-7-13-18)23-25-24(29(26-23)20-16-10-5-11-17-20)28(2)22(31)19-14-8-4-9-15-19;1-27(21(30)18-13-7-3-8-14-18)23-25-22(24-20(29)17-11-5-2-6-12-17)28(26-23)19-15-9-4-10-16-19;28-19(16-10-4-1-5-11-16)23-21-25-22(24-20(29)17-12-6-2-7-13-17)27(26-21)18-14-8-3-9-15-18/h3-17H,1-2H3;2-16H,1H3,(H,24,25,26,29);1-15H,(H2,23,24,25,26,28,29). The molecule has 0 aliphatic heterocycles. The van der Waals surface area contributed by atoms with E-state index in [1.54, 1.807) is 171 Å². The quantitative estimate of drug-likeness (QED) is 0.0868. The number of nitrogens with zero attached hydrogens (tertiary/aromatic N) is 12. The number of rotatable bonds is 15. The van der Waals surface area contributed by atoms with Crippen molar-refractivity contribution in [3.05, 3.63) is 306 Å². The van der Waals surface area contributed by atoms with Crippen molar-refractivity contribution >= 4 is 71.1 Å². The van der Waals surface area contributed by atoms with E-state index in [9.17, 15) is 28.8 Å². The maximum absolute atomic E-state index is 13.0. The van der Waals surface area contributed by atoms with Gasteiger partial charge in [-0.15, -0.1) is 15.3 Å². The summed E-state index contributed by atoms with van der Waals surface area (Å²) in [5, 5.41) is 21.6. The minimum absolute atomic E-state index is 0.0890. The van der Waals surface area contributed by atoms with Crippen molar-refractivity contribution in [3.63, 3.8) is 0 Å². The molecule has 0 unspecified atom stereocenters. The van der Waals surface area contributed by atoms with Crippen molar-refractivity contribution in [1.82, 2.24) is 44.3 Å². The zero-order valence-corrected chi connectivity index (χ0v) is 48.8. The van der Waals surface area contributed by atoms with E-state index in [0.29, 0.717) is 50.7 Å². The van der Waals surface area contributed by atoms with Crippen molar-refractivity contribution in [3.8, 4) is 17.1 Å². The van der Waals surface area contributed by atoms with E-state index in [1.165, 1.54) is 24.1 Å². The highest BCUT2D eigenvalue weighted by Crippen LogP contribution is 2.25. The molecule has 6 amide bonds. The summed E-state index contributed by atoms with van der Waals surface area (Å²) in [4.78, 5) is 93.8. The molecule has 0 saturated carbocycles. The second-order valence-electron chi connectivity index (χ2n) is 19.6. The molecule has 3 aromatic heterocycles. The first kappa shape index (κ1) is 60.3. The Bertz CT molecular complexity index is 4370. The van der Waals surface area contributed by atoms with Crippen LogP contribution >= 0.6 is 0 Å². The Balaban J connectivity index is 0.000000149. The highest BCUT2D eigenvalue weighted by atomic mass is 16.2. The first-order valence-corrected chi connectivity index (χ1v) is 28.1. The van der Waals surface area contributed by atoms with E-state index < -0.39 is 0 Å². The minimum Gasteiger partial charge on any atom is -0.290 e. The molecule has 0 spiro atoms. The lowest BCUT2D eigenvalue weighted by atomic mass is 10.2. The Morgan fingerprint density at radius 3 is 0.922 bits per heavy atom. The fraction of sp³-hybridized carbons (Fsp3) is 0.0435. The van der Waals surface area contributed by atoms with Crippen LogP contribution in [0.4, 0.5) is 35.7 Å². The fourth-order valence-electron chi connectivity index (χ4n) is 8.75. The lowest BCUT2D eigenvalue weighted by Gasteiger charge is -2.16. The maximum Gasteiger partial charge on any atom is 0.260 e. The highest BCUT2D eigenvalue weighted by molar-refractivity contribution is 6.08. The summed E-state index contributed by atoms with van der Waals surface area (Å²) in [5.41, 5.74) is 5.18. The average Bonchev–Trinajstić information content (AvgIpc) is 2.12. The van der Waals surface area contributed by atoms with Crippen molar-refractivity contribution < 1.29 is 28.8 Å². The van der Waals surface area contributed by atoms with Gasteiger partial charge in [0, 0.05) is 54.5 Å². The molecule has 0 aliphatic rings. The van der Waals surface area contributed by atoms with Crippen molar-refractivity contribution in [2.24, 2.45) is 0 Å². The minimum atomic E-state index is -0.336. The number of anilines is 6. The fourth-order valence-corrected chi connectivity index (χ4v) is 8.75. The van der Waals surface area contributed by atoms with Gasteiger partial charge in [0.2, 0.25) is 17.8 Å². The molecule has 12 rings (SSSR count). The van der Waals surface area contributed by atoms with Crippen molar-refractivity contribution in [2.75, 3.05) is 51.8 Å². The Labute approximate surface area is 517 Å². The molecule has 3 heterocycles. The Hall–Kier alpha value is -12.8. The summed E-state index contributed by atoms with van der Waals surface area (Å²) in [6, 6.07) is 81.1. The van der Waals surface area contributed by atoms with Gasteiger partial charge in [-0.25, -0.2) is 0 Å². The lowest BCUT2D eigenvalue weighted by molar-refractivity contribution is 0.0983. The van der Waals surface area contributed by atoms with E-state index in [4.69, 9.17) is 0 Å². The van der Waals surface area contributed by atoms with Gasteiger partial charge in [0.25, 0.3) is 53.3 Å². The lowest BCUT2D eigenvalue weighted by Crippen LogP contribution is -2.29. The zero-order chi connectivity index (χ0) is 62.8. The number of benzene rings is 9. The van der Waals surface area contributed by atoms with E-state index >= 15 is 0 Å². The van der Waals surface area contributed by atoms with Crippen molar-refractivity contribution in [1.29, 1.82) is 0 Å². The summed E-state index contributed by atoms with van der Waals surface area (Å²) in [6.45, 7) is 0. The smallest absolute Gasteiger partial charge is 0.260 e. The van der Waals surface area contributed by atoms with E-state index in [1.807, 2.05) is 127 Å². The Morgan fingerprint density at radius 2 is 0.556 bits per heavy atom. The van der Waals surface area contributed by atoms with Crippen LogP contribution in [-0.4, -0.2) is 101 Å². The van der Waals surface area contributed by atoms with Crippen LogP contribution in [0.1, 0.15) is 62.1 Å². The highest BCUT2D eigenvalue weighted by Gasteiger charge is 2.27. The first-order valence-electron chi connectivity index (χ1n) is 28.1. The summed E-state index contributed by atoms with van der Waals surface area (Å²) >= 11 is 0. The summed E-state index contributed by atoms with van der Waals surface area (Å²) in [6.07, 6.45) is 0. The summed E-state index contributed by atoms with van der Waals surface area (Å²) in [5.74, 6) is -0.502. The van der Waals surface area contributed by atoms with Gasteiger partial charge in [-0.05, 0) is 109 Å². The Morgan fingerprint density at radius 1 is 0.289 bits per heavy atom. The molecule has 0 fully saturated rings. The number of hydrogen-bond donors (Lipinski definition) is 3. The molecule has 0 aliphatic carbocycles. The van der Waals surface area contributed by atoms with Crippen molar-refractivity contribution in [2.45, 2.75) is 0 Å². The third-order valence-corrected chi connectivity index (χ3v) is 13.4. The van der Waals surface area contributed by atoms with Crippen LogP contribution in [0, 0.1) is 0 Å². The SMILES string of the molecule is CN(C(=O)c1ccccc1)c1nc(N(C)C(=O)c2ccccc2)n(-c2ccccc2)n1.CN(C(=O)c1ccccc1)c1nc(NC(=O)c2ccccc2)n(-c2ccccc2)n1.O=C(Nc1nc(NC(=O)c2ccccc2)n(-c2ccccc2)n1)c1ccccc1. The van der Waals surface area contributed by atoms with Gasteiger partial charge in [0.05, 0.1) is 17.1 Å². The Kier molecular flexibility index (Phi) is 19.4. The van der Waals surface area contributed by atoms with Gasteiger partial charge >= 0.3 is 0 Å². The molecule has 444 valence electrons. The van der Waals surface area contributed by atoms with Gasteiger partial charge in [-0.3, -0.25) is 59.4 Å². The van der Waals surface area contributed by atoms with Gasteiger partial charge in [-0.2, -0.15) is 29.0 Å². The predicted molar refractivity (Wildman–Crippen MR) is 345 cm³/mol. The molecule has 21 nitrogen and oxygen atoms in total.